The number of imidazole rings is 1. The molecule has 3 aromatic heterocycles. The van der Waals surface area contributed by atoms with Crippen LogP contribution in [0.2, 0.25) is 0 Å². The number of hydrogen-bond acceptors (Lipinski definition) is 2. The van der Waals surface area contributed by atoms with Crippen molar-refractivity contribution in [3.63, 3.8) is 0 Å². The number of rotatable bonds is 5. The second-order valence-electron chi connectivity index (χ2n) is 18.7. The van der Waals surface area contributed by atoms with Crippen molar-refractivity contribution in [2.45, 2.75) is 99.3 Å². The number of para-hydroxylation sites is 3. The average molecular weight is 740 g/mol. The van der Waals surface area contributed by atoms with E-state index in [4.69, 9.17) is 9.72 Å². The second-order valence-corrected chi connectivity index (χ2v) is 18.7. The van der Waals surface area contributed by atoms with Gasteiger partial charge in [0, 0.05) is 40.2 Å². The van der Waals surface area contributed by atoms with E-state index in [-0.39, 0.29) is 16.2 Å². The van der Waals surface area contributed by atoms with E-state index in [1.807, 2.05) is 6.20 Å². The van der Waals surface area contributed by atoms with Gasteiger partial charge < -0.3 is 4.74 Å². The minimum Gasteiger partial charge on any atom is -0.457 e. The van der Waals surface area contributed by atoms with Gasteiger partial charge in [0.25, 0.3) is 6.33 Å². The first kappa shape index (κ1) is 37.3. The third-order valence-electron chi connectivity index (χ3n) is 11.2. The maximum absolute atomic E-state index is 7.14. The van der Waals surface area contributed by atoms with Crippen molar-refractivity contribution in [2.24, 2.45) is 0 Å². The lowest BCUT2D eigenvalue weighted by atomic mass is 9.79. The van der Waals surface area contributed by atoms with E-state index in [1.165, 1.54) is 49.8 Å². The number of ether oxygens (including phenoxy) is 1. The summed E-state index contributed by atoms with van der Waals surface area (Å²) in [5, 5.41) is 2.36. The van der Waals surface area contributed by atoms with Gasteiger partial charge in [-0.2, -0.15) is 9.13 Å². The Bertz CT molecular complexity index is 2790. The lowest BCUT2D eigenvalue weighted by Crippen LogP contribution is -2.31. The molecule has 5 nitrogen and oxygen atoms in total. The molecule has 3 heterocycles. The Morgan fingerprint density at radius 3 is 1.91 bits per heavy atom. The van der Waals surface area contributed by atoms with Gasteiger partial charge in [-0.05, 0) is 102 Å². The Morgan fingerprint density at radius 1 is 0.589 bits per heavy atom. The van der Waals surface area contributed by atoms with Crippen LogP contribution in [0.4, 0.5) is 0 Å². The van der Waals surface area contributed by atoms with Gasteiger partial charge in [-0.15, -0.1) is 0 Å². The summed E-state index contributed by atoms with van der Waals surface area (Å²) < 4.78 is 14.1. The molecule has 56 heavy (non-hydrogen) atoms. The Hall–Kier alpha value is -5.68. The van der Waals surface area contributed by atoms with Gasteiger partial charge in [0.05, 0.1) is 11.0 Å². The van der Waals surface area contributed by atoms with Crippen LogP contribution in [0, 0.1) is 20.8 Å². The normalized spacial score (nSPS) is 12.6. The first-order valence-corrected chi connectivity index (χ1v) is 19.9. The predicted octanol–water partition coefficient (Wildman–Crippen LogP) is 13.0. The quantitative estimate of drug-likeness (QED) is 0.165. The van der Waals surface area contributed by atoms with Crippen LogP contribution in [0.25, 0.3) is 50.0 Å². The Kier molecular flexibility index (Phi) is 8.80. The number of fused-ring (bicyclic) bond motifs is 4. The maximum atomic E-state index is 7.14. The molecule has 8 aromatic rings. The molecule has 5 aromatic carbocycles. The van der Waals surface area contributed by atoms with E-state index in [9.17, 15) is 0 Å². The van der Waals surface area contributed by atoms with E-state index >= 15 is 0 Å². The zero-order valence-electron chi connectivity index (χ0n) is 35.2. The molecule has 0 fully saturated rings. The highest BCUT2D eigenvalue weighted by Gasteiger charge is 2.31. The highest BCUT2D eigenvalue weighted by Crippen LogP contribution is 2.43. The predicted molar refractivity (Wildman–Crippen MR) is 234 cm³/mol. The van der Waals surface area contributed by atoms with Crippen LogP contribution in [-0.4, -0.2) is 14.1 Å². The molecular formula is C51H55N4O+. The molecule has 0 spiro atoms. The summed E-state index contributed by atoms with van der Waals surface area (Å²) in [6, 6.07) is 37.4. The van der Waals surface area contributed by atoms with Gasteiger partial charge >= 0.3 is 0 Å². The van der Waals surface area contributed by atoms with Gasteiger partial charge in [0.15, 0.2) is 11.0 Å². The molecule has 0 saturated carbocycles. The number of benzene rings is 5. The van der Waals surface area contributed by atoms with E-state index < -0.39 is 0 Å². The molecule has 284 valence electrons. The van der Waals surface area contributed by atoms with Crippen LogP contribution in [0.15, 0.2) is 116 Å². The summed E-state index contributed by atoms with van der Waals surface area (Å²) in [4.78, 5) is 4.91. The molecule has 0 aliphatic heterocycles. The molecule has 0 bridgehead atoms. The largest absolute Gasteiger partial charge is 0.457 e. The summed E-state index contributed by atoms with van der Waals surface area (Å²) in [6.07, 6.45) is 4.20. The van der Waals surface area contributed by atoms with E-state index in [0.717, 1.165) is 45.1 Å². The minimum absolute atomic E-state index is 0.00683. The number of hydrogen-bond donors (Lipinski definition) is 0. The topological polar surface area (TPSA) is 35.9 Å². The molecule has 0 saturated heterocycles. The average Bonchev–Trinajstić information content (AvgIpc) is 3.66. The zero-order valence-corrected chi connectivity index (χ0v) is 35.2. The maximum Gasteiger partial charge on any atom is 0.255 e. The molecule has 0 unspecified atom stereocenters. The van der Waals surface area contributed by atoms with Crippen LogP contribution in [0.3, 0.4) is 0 Å². The van der Waals surface area contributed by atoms with Gasteiger partial charge in [-0.25, -0.2) is 4.98 Å². The standard InChI is InChI=1S/C51H55N4O/c1-32-25-33(2)48(34(3)26-32)54-31-53(42-19-15-16-20-43(42)54)45-30-46(40(51(10,11)12)29-39(45)50(7,8)9)56-36-21-22-38-37-17-13-14-18-41(37)55(44(38)28-36)47-27-35(23-24-52-47)49(4,5)6/h13-31H,1-12H3/q+1. The number of aromatic nitrogens is 4. The third-order valence-corrected chi connectivity index (χ3v) is 11.2. The van der Waals surface area contributed by atoms with Gasteiger partial charge in [-0.1, -0.05) is 110 Å². The van der Waals surface area contributed by atoms with Crippen LogP contribution >= 0.6 is 0 Å². The van der Waals surface area contributed by atoms with E-state index in [2.05, 4.69) is 206 Å². The fourth-order valence-electron chi connectivity index (χ4n) is 8.47. The Labute approximate surface area is 332 Å². The summed E-state index contributed by atoms with van der Waals surface area (Å²) in [5.41, 5.74) is 13.9. The molecule has 0 amide bonds. The van der Waals surface area contributed by atoms with Crippen molar-refractivity contribution in [2.75, 3.05) is 0 Å². The van der Waals surface area contributed by atoms with Crippen molar-refractivity contribution in [3.8, 4) is 28.7 Å². The fourth-order valence-corrected chi connectivity index (χ4v) is 8.47. The summed E-state index contributed by atoms with van der Waals surface area (Å²) >= 11 is 0. The van der Waals surface area contributed by atoms with Gasteiger partial charge in [0.1, 0.15) is 28.7 Å². The van der Waals surface area contributed by atoms with Crippen molar-refractivity contribution in [1.82, 2.24) is 14.1 Å². The lowest BCUT2D eigenvalue weighted by molar-refractivity contribution is -0.568. The van der Waals surface area contributed by atoms with Crippen molar-refractivity contribution in [3.05, 3.63) is 149 Å². The Morgan fingerprint density at radius 2 is 1.23 bits per heavy atom. The third kappa shape index (κ3) is 6.47. The van der Waals surface area contributed by atoms with E-state index in [1.54, 1.807) is 0 Å². The molecule has 8 rings (SSSR count). The Balaban J connectivity index is 1.35. The van der Waals surface area contributed by atoms with Crippen molar-refractivity contribution in [1.29, 1.82) is 0 Å². The molecule has 5 heteroatoms. The second kappa shape index (κ2) is 13.2. The SMILES string of the molecule is Cc1cc(C)c(-[n+]2cn(-c3cc(Oc4ccc5c6ccccc6n(-c6cc(C(C)(C)C)ccn6)c5c4)c(C(C)(C)C)cc3C(C)(C)C)c3ccccc32)c(C)c1. The number of pyridine rings is 1. The molecular weight excluding hydrogens is 685 g/mol. The molecule has 0 atom stereocenters. The first-order chi connectivity index (χ1) is 26.4. The highest BCUT2D eigenvalue weighted by molar-refractivity contribution is 6.09. The summed E-state index contributed by atoms with van der Waals surface area (Å²) in [7, 11) is 0. The van der Waals surface area contributed by atoms with E-state index in [0.29, 0.717) is 0 Å². The van der Waals surface area contributed by atoms with Crippen LogP contribution in [0.5, 0.6) is 11.5 Å². The smallest absolute Gasteiger partial charge is 0.255 e. The fraction of sp³-hybridized carbons (Fsp3) is 0.294. The summed E-state index contributed by atoms with van der Waals surface area (Å²) in [5.74, 6) is 2.54. The number of aryl methyl sites for hydroxylation is 3. The van der Waals surface area contributed by atoms with Crippen LogP contribution in [0.1, 0.15) is 95.7 Å². The molecule has 0 radical (unpaired) electrons. The monoisotopic (exact) mass is 739 g/mol. The van der Waals surface area contributed by atoms with Gasteiger partial charge in [-0.3, -0.25) is 4.57 Å². The first-order valence-electron chi connectivity index (χ1n) is 19.9. The van der Waals surface area contributed by atoms with Crippen molar-refractivity contribution < 1.29 is 9.30 Å². The number of nitrogens with zero attached hydrogens (tertiary/aromatic N) is 4. The van der Waals surface area contributed by atoms with Gasteiger partial charge in [0.2, 0.25) is 0 Å². The van der Waals surface area contributed by atoms with Crippen LogP contribution < -0.4 is 9.30 Å². The zero-order chi connectivity index (χ0) is 39.9. The molecule has 0 aliphatic carbocycles. The summed E-state index contributed by atoms with van der Waals surface area (Å²) in [6.45, 7) is 27.1. The lowest BCUT2D eigenvalue weighted by Gasteiger charge is -2.28. The minimum atomic E-state index is -0.182. The van der Waals surface area contributed by atoms with Crippen LogP contribution in [-0.2, 0) is 16.2 Å². The molecule has 0 N–H and O–H groups in total. The van der Waals surface area contributed by atoms with Crippen molar-refractivity contribution >= 4 is 32.8 Å². The molecule has 0 aliphatic rings. The highest BCUT2D eigenvalue weighted by atomic mass is 16.5.